The molecule has 1 aromatic carbocycles. The SMILES string of the molecule is CCCNCc1ccc(OCCCC(C)C)c([N+](=O)[O-])c1. The van der Waals surface area contributed by atoms with Gasteiger partial charge in [0.25, 0.3) is 0 Å². The predicted octanol–water partition coefficient (Wildman–Crippen LogP) is 3.91. The molecule has 0 saturated heterocycles. The second kappa shape index (κ2) is 9.34. The van der Waals surface area contributed by atoms with Gasteiger partial charge in [0.1, 0.15) is 0 Å². The molecule has 0 heterocycles. The first-order chi connectivity index (χ1) is 10.0. The molecule has 0 fully saturated rings. The van der Waals surface area contributed by atoms with Gasteiger partial charge in [-0.05, 0) is 43.4 Å². The summed E-state index contributed by atoms with van der Waals surface area (Å²) in [5.74, 6) is 0.985. The molecule has 0 radical (unpaired) electrons. The highest BCUT2D eigenvalue weighted by Gasteiger charge is 2.15. The van der Waals surface area contributed by atoms with Gasteiger partial charge in [-0.1, -0.05) is 26.8 Å². The largest absolute Gasteiger partial charge is 0.487 e. The summed E-state index contributed by atoms with van der Waals surface area (Å²) in [7, 11) is 0. The smallest absolute Gasteiger partial charge is 0.311 e. The number of nitro benzene ring substituents is 1. The first kappa shape index (κ1) is 17.4. The van der Waals surface area contributed by atoms with Gasteiger partial charge >= 0.3 is 5.69 Å². The standard InChI is InChI=1S/C16H26N2O3/c1-4-9-17-12-14-7-8-16(15(11-14)18(19)20)21-10-5-6-13(2)3/h7-8,11,13,17H,4-6,9-10,12H2,1-3H3. The van der Waals surface area contributed by atoms with Crippen molar-refractivity contribution in [2.45, 2.75) is 46.6 Å². The van der Waals surface area contributed by atoms with Gasteiger partial charge in [-0.15, -0.1) is 0 Å². The summed E-state index contributed by atoms with van der Waals surface area (Å²) in [4.78, 5) is 10.8. The Kier molecular flexibility index (Phi) is 7.75. The summed E-state index contributed by atoms with van der Waals surface area (Å²) in [5, 5.41) is 14.4. The van der Waals surface area contributed by atoms with Crippen LogP contribution in [0.1, 0.15) is 45.6 Å². The Balaban J connectivity index is 2.64. The van der Waals surface area contributed by atoms with Crippen molar-refractivity contribution in [3.63, 3.8) is 0 Å². The summed E-state index contributed by atoms with van der Waals surface area (Å²) in [6.07, 6.45) is 3.01. The second-order valence-electron chi connectivity index (χ2n) is 5.62. The van der Waals surface area contributed by atoms with E-state index in [1.54, 1.807) is 12.1 Å². The van der Waals surface area contributed by atoms with Crippen LogP contribution in [0.5, 0.6) is 5.75 Å². The van der Waals surface area contributed by atoms with Crippen LogP contribution in [0.3, 0.4) is 0 Å². The maximum atomic E-state index is 11.2. The third-order valence-electron chi connectivity index (χ3n) is 3.16. The highest BCUT2D eigenvalue weighted by atomic mass is 16.6. The van der Waals surface area contributed by atoms with Crippen LogP contribution in [0.4, 0.5) is 5.69 Å². The Hall–Kier alpha value is -1.62. The maximum absolute atomic E-state index is 11.2. The fraction of sp³-hybridized carbons (Fsp3) is 0.625. The molecule has 118 valence electrons. The van der Waals surface area contributed by atoms with E-state index in [0.717, 1.165) is 31.4 Å². The van der Waals surface area contributed by atoms with Crippen molar-refractivity contribution in [3.05, 3.63) is 33.9 Å². The number of ether oxygens (including phenoxy) is 1. The Bertz CT molecular complexity index is 447. The molecule has 1 N–H and O–H groups in total. The lowest BCUT2D eigenvalue weighted by atomic mass is 10.1. The summed E-state index contributed by atoms with van der Waals surface area (Å²) in [6.45, 7) is 8.46. The van der Waals surface area contributed by atoms with Gasteiger partial charge in [0.15, 0.2) is 5.75 Å². The molecular formula is C16H26N2O3. The molecule has 0 saturated carbocycles. The van der Waals surface area contributed by atoms with Gasteiger partial charge in [0.2, 0.25) is 0 Å². The van der Waals surface area contributed by atoms with Gasteiger partial charge in [0.05, 0.1) is 11.5 Å². The quantitative estimate of drug-likeness (QED) is 0.404. The van der Waals surface area contributed by atoms with Gasteiger partial charge in [-0.25, -0.2) is 0 Å². The zero-order chi connectivity index (χ0) is 15.7. The average Bonchev–Trinajstić information content (AvgIpc) is 2.44. The first-order valence-electron chi connectivity index (χ1n) is 7.65. The summed E-state index contributed by atoms with van der Waals surface area (Å²) < 4.78 is 5.57. The van der Waals surface area contributed by atoms with Gasteiger partial charge in [0, 0.05) is 12.6 Å². The van der Waals surface area contributed by atoms with Crippen LogP contribution in [0, 0.1) is 16.0 Å². The third kappa shape index (κ3) is 6.58. The lowest BCUT2D eigenvalue weighted by Crippen LogP contribution is -2.14. The molecule has 5 nitrogen and oxygen atoms in total. The van der Waals surface area contributed by atoms with E-state index in [-0.39, 0.29) is 10.6 Å². The fourth-order valence-electron chi connectivity index (χ4n) is 2.02. The normalized spacial score (nSPS) is 10.9. The highest BCUT2D eigenvalue weighted by molar-refractivity contribution is 5.48. The topological polar surface area (TPSA) is 64.4 Å². The number of nitrogens with one attached hydrogen (secondary N) is 1. The van der Waals surface area contributed by atoms with Crippen LogP contribution in [0.2, 0.25) is 0 Å². The van der Waals surface area contributed by atoms with Crippen LogP contribution in [0.25, 0.3) is 0 Å². The van der Waals surface area contributed by atoms with Crippen molar-refractivity contribution in [1.29, 1.82) is 0 Å². The maximum Gasteiger partial charge on any atom is 0.311 e. The molecule has 0 atom stereocenters. The minimum absolute atomic E-state index is 0.0512. The van der Waals surface area contributed by atoms with Gasteiger partial charge < -0.3 is 10.1 Å². The molecule has 0 spiro atoms. The molecule has 0 amide bonds. The molecule has 1 rings (SSSR count). The van der Waals surface area contributed by atoms with Crippen molar-refractivity contribution < 1.29 is 9.66 Å². The van der Waals surface area contributed by atoms with E-state index in [1.807, 2.05) is 6.07 Å². The van der Waals surface area contributed by atoms with E-state index in [1.165, 1.54) is 0 Å². The Labute approximate surface area is 126 Å². The predicted molar refractivity (Wildman–Crippen MR) is 84.7 cm³/mol. The first-order valence-corrected chi connectivity index (χ1v) is 7.65. The molecule has 0 aliphatic rings. The molecule has 0 aromatic heterocycles. The van der Waals surface area contributed by atoms with Crippen LogP contribution >= 0.6 is 0 Å². The highest BCUT2D eigenvalue weighted by Crippen LogP contribution is 2.28. The minimum atomic E-state index is -0.374. The zero-order valence-corrected chi connectivity index (χ0v) is 13.2. The molecule has 0 bridgehead atoms. The van der Waals surface area contributed by atoms with Crippen molar-refractivity contribution in [3.8, 4) is 5.75 Å². The number of nitrogens with zero attached hydrogens (tertiary/aromatic N) is 1. The van der Waals surface area contributed by atoms with E-state index in [4.69, 9.17) is 4.74 Å². The molecular weight excluding hydrogens is 268 g/mol. The van der Waals surface area contributed by atoms with Crippen LogP contribution < -0.4 is 10.1 Å². The average molecular weight is 294 g/mol. The molecule has 5 heteroatoms. The fourth-order valence-corrected chi connectivity index (χ4v) is 2.02. The van der Waals surface area contributed by atoms with Gasteiger partial charge in [-0.2, -0.15) is 0 Å². The van der Waals surface area contributed by atoms with Crippen molar-refractivity contribution in [1.82, 2.24) is 5.32 Å². The van der Waals surface area contributed by atoms with Crippen LogP contribution in [-0.4, -0.2) is 18.1 Å². The van der Waals surface area contributed by atoms with Crippen molar-refractivity contribution >= 4 is 5.69 Å². The van der Waals surface area contributed by atoms with E-state index in [0.29, 0.717) is 24.8 Å². The summed E-state index contributed by atoms with van der Waals surface area (Å²) in [5.41, 5.74) is 0.958. The zero-order valence-electron chi connectivity index (χ0n) is 13.2. The number of hydrogen-bond donors (Lipinski definition) is 1. The number of hydrogen-bond acceptors (Lipinski definition) is 4. The molecule has 0 aliphatic carbocycles. The number of rotatable bonds is 10. The van der Waals surface area contributed by atoms with E-state index < -0.39 is 0 Å². The molecule has 0 unspecified atom stereocenters. The third-order valence-corrected chi connectivity index (χ3v) is 3.16. The minimum Gasteiger partial charge on any atom is -0.487 e. The summed E-state index contributed by atoms with van der Waals surface area (Å²) >= 11 is 0. The van der Waals surface area contributed by atoms with Crippen molar-refractivity contribution in [2.75, 3.05) is 13.2 Å². The molecule has 21 heavy (non-hydrogen) atoms. The summed E-state index contributed by atoms with van der Waals surface area (Å²) in [6, 6.07) is 5.18. The Morgan fingerprint density at radius 2 is 2.14 bits per heavy atom. The molecule has 0 aliphatic heterocycles. The Morgan fingerprint density at radius 1 is 1.38 bits per heavy atom. The lowest BCUT2D eigenvalue weighted by Gasteiger charge is -2.09. The number of benzene rings is 1. The number of nitro groups is 1. The van der Waals surface area contributed by atoms with E-state index in [2.05, 4.69) is 26.1 Å². The van der Waals surface area contributed by atoms with Crippen LogP contribution in [0.15, 0.2) is 18.2 Å². The second-order valence-corrected chi connectivity index (χ2v) is 5.62. The van der Waals surface area contributed by atoms with E-state index in [9.17, 15) is 10.1 Å². The monoisotopic (exact) mass is 294 g/mol. The van der Waals surface area contributed by atoms with E-state index >= 15 is 0 Å². The Morgan fingerprint density at radius 3 is 2.76 bits per heavy atom. The van der Waals surface area contributed by atoms with Gasteiger partial charge in [-0.3, -0.25) is 10.1 Å². The van der Waals surface area contributed by atoms with Crippen LogP contribution in [-0.2, 0) is 6.54 Å². The lowest BCUT2D eigenvalue weighted by molar-refractivity contribution is -0.385. The molecule has 1 aromatic rings. The van der Waals surface area contributed by atoms with Crippen molar-refractivity contribution in [2.24, 2.45) is 5.92 Å².